The first-order valence-corrected chi connectivity index (χ1v) is 11.9. The zero-order chi connectivity index (χ0) is 25.3. The van der Waals surface area contributed by atoms with E-state index in [0.717, 1.165) is 12.8 Å². The number of amides is 2. The molecule has 0 fully saturated rings. The molecule has 0 aromatic carbocycles. The molecule has 2 aromatic heterocycles. The summed E-state index contributed by atoms with van der Waals surface area (Å²) in [4.78, 5) is 34.5. The first kappa shape index (κ1) is 27.6. The van der Waals surface area contributed by atoms with E-state index in [1.165, 1.54) is 29.6 Å². The molecule has 0 saturated heterocycles. The second-order valence-corrected chi connectivity index (χ2v) is 9.51. The number of aliphatic hydroxyl groups is 4. The highest BCUT2D eigenvalue weighted by Crippen LogP contribution is 2.21. The van der Waals surface area contributed by atoms with Crippen LogP contribution in [0.15, 0.2) is 0 Å². The molecule has 0 radical (unpaired) electrons. The minimum Gasteiger partial charge on any atom is -0.481 e. The lowest BCUT2D eigenvalue weighted by molar-refractivity contribution is -0.145. The monoisotopic (exact) mass is 518 g/mol. The molecule has 0 spiro atoms. The molecule has 16 heteroatoms. The van der Waals surface area contributed by atoms with Gasteiger partial charge in [-0.25, -0.2) is 0 Å². The Hall–Kier alpha value is -2.63. The van der Waals surface area contributed by atoms with Gasteiger partial charge >= 0.3 is 5.97 Å². The zero-order valence-corrected chi connectivity index (χ0v) is 19.8. The number of carboxylic acids is 1. The number of nitrogens with one attached hydrogen (secondary N) is 2. The Morgan fingerprint density at radius 1 is 0.794 bits per heavy atom. The fourth-order valence-corrected chi connectivity index (χ4v) is 4.13. The van der Waals surface area contributed by atoms with Crippen molar-refractivity contribution in [2.75, 3.05) is 10.6 Å². The number of aliphatic hydroxyl groups excluding tert-OH is 3. The Bertz CT molecular complexity index is 968. The third-order valence-electron chi connectivity index (χ3n) is 4.56. The lowest BCUT2D eigenvalue weighted by Gasteiger charge is -2.13. The van der Waals surface area contributed by atoms with E-state index in [0.29, 0.717) is 22.9 Å². The van der Waals surface area contributed by atoms with E-state index < -0.39 is 48.6 Å². The van der Waals surface area contributed by atoms with Crippen molar-refractivity contribution in [3.05, 3.63) is 10.0 Å². The van der Waals surface area contributed by atoms with E-state index >= 15 is 0 Å². The molecular weight excluding hydrogens is 492 g/mol. The molecule has 188 valence electrons. The number of unbranched alkanes of at least 4 members (excludes halogenated alkanes) is 1. The Morgan fingerprint density at radius 2 is 1.24 bits per heavy atom. The molecule has 0 aliphatic rings. The predicted molar refractivity (Wildman–Crippen MR) is 120 cm³/mol. The maximum Gasteiger partial charge on any atom is 0.308 e. The Morgan fingerprint density at radius 3 is 1.65 bits per heavy atom. The molecule has 2 amide bonds. The first-order valence-electron chi connectivity index (χ1n) is 10.2. The molecule has 0 aliphatic carbocycles. The van der Waals surface area contributed by atoms with Crippen LogP contribution in [0, 0.1) is 5.92 Å². The number of hydrogen-bond acceptors (Lipinski definition) is 13. The van der Waals surface area contributed by atoms with Gasteiger partial charge in [0.15, 0.2) is 6.29 Å². The molecule has 0 saturated carbocycles. The maximum atomic E-state index is 11.9. The summed E-state index contributed by atoms with van der Waals surface area (Å²) in [5.74, 6) is -3.42. The summed E-state index contributed by atoms with van der Waals surface area (Å²) in [6.07, 6.45) is -3.04. The third-order valence-corrected chi connectivity index (χ3v) is 6.35. The summed E-state index contributed by atoms with van der Waals surface area (Å²) < 4.78 is 0. The van der Waals surface area contributed by atoms with Crippen molar-refractivity contribution in [3.63, 3.8) is 0 Å². The zero-order valence-electron chi connectivity index (χ0n) is 18.1. The SMILES string of the molecule is CC(C(=O)O)C(O)CC(=O)Nc1nnc(CCCCc2nnc(NC(=O)CC(O)C(O)O)s2)s1. The van der Waals surface area contributed by atoms with E-state index in [1.807, 2.05) is 0 Å². The number of nitrogens with zero attached hydrogens (tertiary/aromatic N) is 4. The van der Waals surface area contributed by atoms with Gasteiger partial charge in [-0.1, -0.05) is 22.7 Å². The van der Waals surface area contributed by atoms with Gasteiger partial charge in [0.05, 0.1) is 24.9 Å². The molecule has 14 nitrogen and oxygen atoms in total. The van der Waals surface area contributed by atoms with Crippen LogP contribution in [0.25, 0.3) is 0 Å². The normalized spacial score (nSPS) is 13.9. The third kappa shape index (κ3) is 9.32. The summed E-state index contributed by atoms with van der Waals surface area (Å²) in [5, 5.41) is 68.0. The molecule has 3 atom stereocenters. The van der Waals surface area contributed by atoms with Crippen LogP contribution in [0.1, 0.15) is 42.6 Å². The van der Waals surface area contributed by atoms with Gasteiger partial charge in [-0.05, 0) is 19.8 Å². The van der Waals surface area contributed by atoms with Gasteiger partial charge < -0.3 is 36.2 Å². The number of carboxylic acid groups (broad SMARTS) is 1. The van der Waals surface area contributed by atoms with E-state index in [4.69, 9.17) is 15.3 Å². The number of aliphatic carboxylic acids is 1. The minimum absolute atomic E-state index is 0.243. The number of rotatable bonds is 14. The number of aryl methyl sites for hydroxylation is 2. The minimum atomic E-state index is -2.00. The first-order chi connectivity index (χ1) is 16.0. The van der Waals surface area contributed by atoms with Crippen molar-refractivity contribution in [2.45, 2.75) is 63.9 Å². The summed E-state index contributed by atoms with van der Waals surface area (Å²) in [6.45, 7) is 1.32. The van der Waals surface area contributed by atoms with Crippen molar-refractivity contribution in [1.29, 1.82) is 0 Å². The van der Waals surface area contributed by atoms with Gasteiger partial charge in [0.2, 0.25) is 22.1 Å². The average Bonchev–Trinajstić information content (AvgIpc) is 3.39. The van der Waals surface area contributed by atoms with Gasteiger partial charge in [0.1, 0.15) is 16.1 Å². The van der Waals surface area contributed by atoms with Crippen molar-refractivity contribution >= 4 is 50.7 Å². The summed E-state index contributed by atoms with van der Waals surface area (Å²) in [7, 11) is 0. The number of carbonyl (C=O) groups excluding carboxylic acids is 2. The molecular formula is C18H26N6O8S2. The number of aromatic nitrogens is 4. The Labute approximate surface area is 201 Å². The highest BCUT2D eigenvalue weighted by molar-refractivity contribution is 7.15. The summed E-state index contributed by atoms with van der Waals surface area (Å²) in [6, 6.07) is 0. The average molecular weight is 519 g/mol. The quantitative estimate of drug-likeness (QED) is 0.122. The maximum absolute atomic E-state index is 11.9. The van der Waals surface area contributed by atoms with Crippen LogP contribution < -0.4 is 10.6 Å². The van der Waals surface area contributed by atoms with E-state index in [2.05, 4.69) is 31.0 Å². The van der Waals surface area contributed by atoms with Crippen LogP contribution >= 0.6 is 22.7 Å². The van der Waals surface area contributed by atoms with Gasteiger partial charge in [-0.15, -0.1) is 20.4 Å². The van der Waals surface area contributed by atoms with E-state index in [1.54, 1.807) is 0 Å². The molecule has 2 heterocycles. The predicted octanol–water partition coefficient (Wildman–Crippen LogP) is -0.635. The lowest BCUT2D eigenvalue weighted by Crippen LogP contribution is -2.30. The Kier molecular flexibility index (Phi) is 10.8. The standard InChI is InChI=1S/C18H26N6O8S2/c1-8(15(29)30)9(25)6-11(27)19-17-23-21-13(33-17)4-2-3-5-14-22-24-18(34-14)20-12(28)7-10(26)16(31)32/h8-10,16,25-26,31-32H,2-7H2,1H3,(H,29,30)(H,19,23,27)(H,20,24,28). The summed E-state index contributed by atoms with van der Waals surface area (Å²) in [5.41, 5.74) is 0. The van der Waals surface area contributed by atoms with Crippen LogP contribution in [0.2, 0.25) is 0 Å². The van der Waals surface area contributed by atoms with Crippen molar-refractivity contribution in [2.24, 2.45) is 5.92 Å². The molecule has 7 N–H and O–H groups in total. The molecule has 3 unspecified atom stereocenters. The second kappa shape index (κ2) is 13.3. The second-order valence-electron chi connectivity index (χ2n) is 7.39. The van der Waals surface area contributed by atoms with E-state index in [9.17, 15) is 24.6 Å². The number of carbonyl (C=O) groups is 3. The topological polar surface area (TPSA) is 228 Å². The summed E-state index contributed by atoms with van der Waals surface area (Å²) >= 11 is 2.36. The van der Waals surface area contributed by atoms with Gasteiger partial charge in [-0.2, -0.15) is 0 Å². The molecule has 0 aliphatic heterocycles. The number of hydrogen-bond donors (Lipinski definition) is 7. The number of anilines is 2. The van der Waals surface area contributed by atoms with Crippen LogP contribution in [0.4, 0.5) is 10.3 Å². The van der Waals surface area contributed by atoms with Gasteiger partial charge in [0, 0.05) is 12.8 Å². The van der Waals surface area contributed by atoms with Gasteiger partial charge in [0.25, 0.3) is 0 Å². The van der Waals surface area contributed by atoms with Gasteiger partial charge in [-0.3, -0.25) is 14.4 Å². The van der Waals surface area contributed by atoms with Crippen molar-refractivity contribution < 1.29 is 39.9 Å². The van der Waals surface area contributed by atoms with Crippen molar-refractivity contribution in [3.8, 4) is 0 Å². The van der Waals surface area contributed by atoms with Crippen molar-refractivity contribution in [1.82, 2.24) is 20.4 Å². The lowest BCUT2D eigenvalue weighted by atomic mass is 10.0. The fraction of sp³-hybridized carbons (Fsp3) is 0.611. The van der Waals surface area contributed by atoms with Crippen LogP contribution in [0.3, 0.4) is 0 Å². The Balaban J connectivity index is 1.69. The highest BCUT2D eigenvalue weighted by atomic mass is 32.1. The molecule has 34 heavy (non-hydrogen) atoms. The van der Waals surface area contributed by atoms with Crippen LogP contribution in [-0.2, 0) is 27.2 Å². The fourth-order valence-electron chi connectivity index (χ4n) is 2.53. The van der Waals surface area contributed by atoms with Crippen LogP contribution in [-0.4, -0.2) is 82.2 Å². The smallest absolute Gasteiger partial charge is 0.308 e. The molecule has 2 rings (SSSR count). The van der Waals surface area contributed by atoms with E-state index in [-0.39, 0.29) is 16.7 Å². The highest BCUT2D eigenvalue weighted by Gasteiger charge is 2.24. The van der Waals surface area contributed by atoms with Crippen LogP contribution in [0.5, 0.6) is 0 Å². The molecule has 0 bridgehead atoms. The molecule has 2 aromatic rings. The largest absolute Gasteiger partial charge is 0.481 e.